The third kappa shape index (κ3) is 2.89. The summed E-state index contributed by atoms with van der Waals surface area (Å²) in [6.07, 6.45) is 8.33. The predicted octanol–water partition coefficient (Wildman–Crippen LogP) is 3.44. The number of hydrogen-bond donors (Lipinski definition) is 1. The Hall–Kier alpha value is -0.930. The van der Waals surface area contributed by atoms with Gasteiger partial charge >= 0.3 is 0 Å². The summed E-state index contributed by atoms with van der Waals surface area (Å²) in [4.78, 5) is 2.47. The minimum atomic E-state index is -0.151. The first-order valence-corrected chi connectivity index (χ1v) is 7.91. The lowest BCUT2D eigenvalue weighted by Gasteiger charge is -2.39. The topological polar surface area (TPSA) is 29.3 Å². The molecular weight excluding hydrogens is 251 g/mol. The molecule has 3 rings (SSSR count). The molecule has 0 aromatic heterocycles. The minimum absolute atomic E-state index is 0.151. The average molecular weight is 276 g/mol. The molecule has 2 fully saturated rings. The van der Waals surface area contributed by atoms with Gasteiger partial charge in [-0.2, -0.15) is 0 Å². The monoisotopic (exact) mass is 276 g/mol. The van der Waals surface area contributed by atoms with E-state index in [2.05, 4.69) is 4.90 Å². The first-order valence-electron chi connectivity index (χ1n) is 7.91. The van der Waals surface area contributed by atoms with Gasteiger partial charge in [0.15, 0.2) is 0 Å². The van der Waals surface area contributed by atoms with Crippen LogP contribution in [-0.4, -0.2) is 18.0 Å². The van der Waals surface area contributed by atoms with Crippen molar-refractivity contribution >= 4 is 0 Å². The average Bonchev–Trinajstić information content (AvgIpc) is 2.90. The first-order chi connectivity index (χ1) is 9.71. The largest absolute Gasteiger partial charge is 0.326 e. The molecule has 2 nitrogen and oxygen atoms in total. The van der Waals surface area contributed by atoms with Crippen LogP contribution >= 0.6 is 0 Å². The van der Waals surface area contributed by atoms with Crippen LogP contribution in [0.25, 0.3) is 0 Å². The van der Waals surface area contributed by atoms with Crippen LogP contribution in [0.2, 0.25) is 0 Å². The number of piperidine rings is 1. The molecule has 1 aliphatic carbocycles. The number of rotatable bonds is 3. The maximum atomic E-state index is 13.4. The molecule has 1 saturated carbocycles. The second kappa shape index (κ2) is 5.82. The Bertz CT molecular complexity index is 456. The highest BCUT2D eigenvalue weighted by Gasteiger charge is 2.36. The lowest BCUT2D eigenvalue weighted by Crippen LogP contribution is -2.38. The van der Waals surface area contributed by atoms with Crippen molar-refractivity contribution in [2.45, 2.75) is 51.6 Å². The van der Waals surface area contributed by atoms with E-state index in [1.165, 1.54) is 44.6 Å². The van der Waals surface area contributed by atoms with Crippen molar-refractivity contribution in [2.24, 2.45) is 11.1 Å². The molecule has 2 N–H and O–H groups in total. The zero-order valence-electron chi connectivity index (χ0n) is 12.2. The Balaban J connectivity index is 1.63. The third-order valence-electron chi connectivity index (χ3n) is 5.36. The molecule has 1 saturated heterocycles. The van der Waals surface area contributed by atoms with Crippen LogP contribution in [0.4, 0.5) is 4.39 Å². The fourth-order valence-electron chi connectivity index (χ4n) is 3.99. The fourth-order valence-corrected chi connectivity index (χ4v) is 3.99. The zero-order chi connectivity index (χ0) is 14.0. The Morgan fingerprint density at radius 1 is 1.05 bits per heavy atom. The normalized spacial score (nSPS) is 22.5. The highest BCUT2D eigenvalue weighted by molar-refractivity contribution is 5.27. The molecule has 1 spiro atoms. The molecule has 1 aromatic carbocycles. The third-order valence-corrected chi connectivity index (χ3v) is 5.36. The maximum Gasteiger partial charge on any atom is 0.123 e. The van der Waals surface area contributed by atoms with Crippen LogP contribution < -0.4 is 5.73 Å². The van der Waals surface area contributed by atoms with E-state index in [4.69, 9.17) is 5.73 Å². The van der Waals surface area contributed by atoms with Crippen LogP contribution in [0, 0.1) is 11.2 Å². The van der Waals surface area contributed by atoms with Crippen LogP contribution in [0.1, 0.15) is 49.7 Å². The summed E-state index contributed by atoms with van der Waals surface area (Å²) in [5.41, 5.74) is 8.55. The van der Waals surface area contributed by atoms with Gasteiger partial charge in [0.05, 0.1) is 0 Å². The molecule has 0 amide bonds. The molecule has 0 bridgehead atoms. The van der Waals surface area contributed by atoms with Gasteiger partial charge < -0.3 is 5.73 Å². The quantitative estimate of drug-likeness (QED) is 0.916. The van der Waals surface area contributed by atoms with Gasteiger partial charge in [-0.3, -0.25) is 4.90 Å². The second-order valence-corrected chi connectivity index (χ2v) is 6.60. The van der Waals surface area contributed by atoms with Crippen LogP contribution in [0.15, 0.2) is 18.2 Å². The summed E-state index contributed by atoms with van der Waals surface area (Å²) in [5.74, 6) is -0.151. The number of halogens is 1. The molecule has 1 heterocycles. The summed E-state index contributed by atoms with van der Waals surface area (Å²) in [7, 11) is 0. The molecule has 110 valence electrons. The molecule has 1 aliphatic heterocycles. The molecule has 1 aromatic rings. The van der Waals surface area contributed by atoms with Crippen molar-refractivity contribution < 1.29 is 4.39 Å². The smallest absolute Gasteiger partial charge is 0.123 e. The molecule has 2 aliphatic rings. The Morgan fingerprint density at radius 2 is 1.75 bits per heavy atom. The highest BCUT2D eigenvalue weighted by Crippen LogP contribution is 2.46. The van der Waals surface area contributed by atoms with Gasteiger partial charge in [-0.25, -0.2) is 4.39 Å². The van der Waals surface area contributed by atoms with E-state index in [0.29, 0.717) is 12.0 Å². The van der Waals surface area contributed by atoms with Gasteiger partial charge in [0, 0.05) is 13.1 Å². The first kappa shape index (κ1) is 14.0. The van der Waals surface area contributed by atoms with E-state index in [1.807, 2.05) is 6.07 Å². The number of hydrogen-bond acceptors (Lipinski definition) is 2. The molecule has 20 heavy (non-hydrogen) atoms. The SMILES string of the molecule is NCc1ccc(F)cc1CN1CCC2(CCCC2)CC1. The standard InChI is InChI=1S/C17H25FN2/c18-16-4-3-14(12-19)15(11-16)13-20-9-7-17(8-10-20)5-1-2-6-17/h3-4,11H,1-2,5-10,12-13,19H2. The lowest BCUT2D eigenvalue weighted by molar-refractivity contribution is 0.103. The van der Waals surface area contributed by atoms with E-state index in [1.54, 1.807) is 6.07 Å². The molecular formula is C17H25FN2. The van der Waals surface area contributed by atoms with E-state index in [0.717, 1.165) is 30.8 Å². The van der Waals surface area contributed by atoms with Crippen molar-refractivity contribution in [3.8, 4) is 0 Å². The lowest BCUT2D eigenvalue weighted by atomic mass is 9.77. The van der Waals surface area contributed by atoms with Crippen molar-refractivity contribution in [2.75, 3.05) is 13.1 Å². The molecule has 0 unspecified atom stereocenters. The fraction of sp³-hybridized carbons (Fsp3) is 0.647. The van der Waals surface area contributed by atoms with Crippen molar-refractivity contribution in [3.63, 3.8) is 0 Å². The van der Waals surface area contributed by atoms with Crippen molar-refractivity contribution in [1.29, 1.82) is 0 Å². The van der Waals surface area contributed by atoms with Gasteiger partial charge in [-0.05, 0) is 67.4 Å². The molecule has 0 atom stereocenters. The van der Waals surface area contributed by atoms with Crippen molar-refractivity contribution in [3.05, 3.63) is 35.1 Å². The Morgan fingerprint density at radius 3 is 2.40 bits per heavy atom. The van der Waals surface area contributed by atoms with E-state index < -0.39 is 0 Å². The summed E-state index contributed by atoms with van der Waals surface area (Å²) >= 11 is 0. The van der Waals surface area contributed by atoms with Gasteiger partial charge in [-0.1, -0.05) is 18.9 Å². The van der Waals surface area contributed by atoms with Crippen LogP contribution in [-0.2, 0) is 13.1 Å². The second-order valence-electron chi connectivity index (χ2n) is 6.60. The minimum Gasteiger partial charge on any atom is -0.326 e. The van der Waals surface area contributed by atoms with E-state index in [-0.39, 0.29) is 5.82 Å². The van der Waals surface area contributed by atoms with Gasteiger partial charge in [0.25, 0.3) is 0 Å². The van der Waals surface area contributed by atoms with Gasteiger partial charge in [-0.15, -0.1) is 0 Å². The predicted molar refractivity (Wildman–Crippen MR) is 79.7 cm³/mol. The number of nitrogens with two attached hydrogens (primary N) is 1. The van der Waals surface area contributed by atoms with Gasteiger partial charge in [0.2, 0.25) is 0 Å². The number of likely N-dealkylation sites (tertiary alicyclic amines) is 1. The molecule has 3 heteroatoms. The summed E-state index contributed by atoms with van der Waals surface area (Å²) in [6, 6.07) is 4.99. The van der Waals surface area contributed by atoms with E-state index >= 15 is 0 Å². The van der Waals surface area contributed by atoms with Crippen LogP contribution in [0.5, 0.6) is 0 Å². The zero-order valence-corrected chi connectivity index (χ0v) is 12.2. The van der Waals surface area contributed by atoms with Crippen molar-refractivity contribution in [1.82, 2.24) is 4.90 Å². The van der Waals surface area contributed by atoms with Crippen LogP contribution in [0.3, 0.4) is 0 Å². The summed E-state index contributed by atoms with van der Waals surface area (Å²) in [6.45, 7) is 3.65. The number of nitrogens with zero attached hydrogens (tertiary/aromatic N) is 1. The summed E-state index contributed by atoms with van der Waals surface area (Å²) in [5, 5.41) is 0. The Labute approximate surface area is 121 Å². The Kier molecular flexibility index (Phi) is 4.08. The highest BCUT2D eigenvalue weighted by atomic mass is 19.1. The maximum absolute atomic E-state index is 13.4. The van der Waals surface area contributed by atoms with E-state index in [9.17, 15) is 4.39 Å². The summed E-state index contributed by atoms with van der Waals surface area (Å²) < 4.78 is 13.4. The molecule has 0 radical (unpaired) electrons. The van der Waals surface area contributed by atoms with Gasteiger partial charge in [0.1, 0.15) is 5.82 Å². The number of benzene rings is 1.